The number of aromatic hydroxyl groups is 1. The molecule has 0 saturated heterocycles. The monoisotopic (exact) mass is 455 g/mol. The molecule has 2 rings (SSSR count). The smallest absolute Gasteiger partial charge is 0.323 e. The van der Waals surface area contributed by atoms with Crippen LogP contribution in [0.15, 0.2) is 30.3 Å². The molecule has 0 aliphatic carbocycles. The number of nitrogens with zero attached hydrogens (tertiary/aromatic N) is 1. The first kappa shape index (κ1) is 23.3. The van der Waals surface area contributed by atoms with E-state index >= 15 is 0 Å². The third-order valence-corrected chi connectivity index (χ3v) is 4.59. The van der Waals surface area contributed by atoms with Crippen LogP contribution in [0.1, 0.15) is 35.7 Å². The Hall–Kier alpha value is -2.97. The van der Waals surface area contributed by atoms with Crippen LogP contribution in [0.2, 0.25) is 10.0 Å². The van der Waals surface area contributed by atoms with Crippen molar-refractivity contribution in [2.24, 2.45) is 0 Å². The summed E-state index contributed by atoms with van der Waals surface area (Å²) < 4.78 is 5.72. The molecule has 2 aromatic rings. The number of amides is 1. The van der Waals surface area contributed by atoms with Crippen molar-refractivity contribution in [1.82, 2.24) is 4.90 Å². The van der Waals surface area contributed by atoms with Gasteiger partial charge in [-0.2, -0.15) is 0 Å². The Morgan fingerprint density at radius 2 is 1.53 bits per heavy atom. The Labute approximate surface area is 182 Å². The van der Waals surface area contributed by atoms with Crippen LogP contribution in [0.3, 0.4) is 0 Å². The molecule has 2 aromatic carbocycles. The Bertz CT molecular complexity index is 952. The molecule has 0 aliphatic heterocycles. The number of rotatable bonds is 8. The molecule has 0 heterocycles. The van der Waals surface area contributed by atoms with E-state index in [-0.39, 0.29) is 33.0 Å². The highest BCUT2D eigenvalue weighted by molar-refractivity contribution is 6.37. The lowest BCUT2D eigenvalue weighted by Crippen LogP contribution is -2.39. The average Bonchev–Trinajstić information content (AvgIpc) is 2.63. The Balaban J connectivity index is 2.35. The molecular weight excluding hydrogens is 437 g/mol. The number of carbonyl (C=O) groups excluding carboxylic acids is 1. The van der Waals surface area contributed by atoms with E-state index in [9.17, 15) is 19.5 Å². The standard InChI is InChI=1S/C20H19Cl2NO7/c1-10(2)13-7-12(3-4-16(13)24)30-19-14(21)5-11(6-15(19)22)20(29)23(8-17(25)26)9-18(27)28/h3-7,10,24H,8-9H2,1-2H3,(H,25,26)(H,27,28). The van der Waals surface area contributed by atoms with Crippen LogP contribution < -0.4 is 4.74 Å². The molecule has 1 amide bonds. The second kappa shape index (κ2) is 9.69. The summed E-state index contributed by atoms with van der Waals surface area (Å²) in [6, 6.07) is 7.05. The molecule has 0 fully saturated rings. The zero-order valence-corrected chi connectivity index (χ0v) is 17.6. The number of aliphatic carboxylic acids is 2. The SMILES string of the molecule is CC(C)c1cc(Oc2c(Cl)cc(C(=O)N(CC(=O)O)CC(=O)O)cc2Cl)ccc1O. The van der Waals surface area contributed by atoms with E-state index < -0.39 is 30.9 Å². The number of carbonyl (C=O) groups is 3. The van der Waals surface area contributed by atoms with Crippen molar-refractivity contribution in [2.45, 2.75) is 19.8 Å². The topological polar surface area (TPSA) is 124 Å². The van der Waals surface area contributed by atoms with Gasteiger partial charge in [-0.05, 0) is 36.2 Å². The molecule has 0 bridgehead atoms. The summed E-state index contributed by atoms with van der Waals surface area (Å²) in [7, 11) is 0. The highest BCUT2D eigenvalue weighted by atomic mass is 35.5. The van der Waals surface area contributed by atoms with E-state index in [4.69, 9.17) is 38.2 Å². The van der Waals surface area contributed by atoms with E-state index in [1.807, 2.05) is 13.8 Å². The minimum absolute atomic E-state index is 0.0318. The summed E-state index contributed by atoms with van der Waals surface area (Å²) in [5, 5.41) is 27.7. The van der Waals surface area contributed by atoms with Crippen LogP contribution in [0.4, 0.5) is 0 Å². The number of carboxylic acids is 2. The van der Waals surface area contributed by atoms with Crippen LogP contribution in [0.25, 0.3) is 0 Å². The quantitative estimate of drug-likeness (QED) is 0.543. The Morgan fingerprint density at radius 3 is 2.00 bits per heavy atom. The highest BCUT2D eigenvalue weighted by Gasteiger charge is 2.23. The molecule has 0 saturated carbocycles. The summed E-state index contributed by atoms with van der Waals surface area (Å²) in [5.74, 6) is -3.02. The van der Waals surface area contributed by atoms with Crippen molar-refractivity contribution < 1.29 is 34.4 Å². The van der Waals surface area contributed by atoms with Crippen LogP contribution in [0, 0.1) is 0 Å². The molecular formula is C20H19Cl2NO7. The second-order valence-electron chi connectivity index (χ2n) is 6.70. The van der Waals surface area contributed by atoms with E-state index in [0.29, 0.717) is 16.2 Å². The number of carboxylic acid groups (broad SMARTS) is 2. The van der Waals surface area contributed by atoms with Crippen molar-refractivity contribution in [2.75, 3.05) is 13.1 Å². The molecule has 0 unspecified atom stereocenters. The van der Waals surface area contributed by atoms with Gasteiger partial charge in [-0.15, -0.1) is 0 Å². The van der Waals surface area contributed by atoms with Crippen LogP contribution in [-0.2, 0) is 9.59 Å². The van der Waals surface area contributed by atoms with Gasteiger partial charge in [0.2, 0.25) is 0 Å². The maximum Gasteiger partial charge on any atom is 0.323 e. The average molecular weight is 456 g/mol. The fourth-order valence-corrected chi connectivity index (χ4v) is 3.23. The van der Waals surface area contributed by atoms with Gasteiger partial charge in [-0.1, -0.05) is 37.0 Å². The number of phenolic OH excluding ortho intramolecular Hbond substituents is 1. The predicted octanol–water partition coefficient (Wildman–Crippen LogP) is 4.23. The van der Waals surface area contributed by atoms with Gasteiger partial charge in [0, 0.05) is 11.1 Å². The number of hydrogen-bond donors (Lipinski definition) is 3. The zero-order valence-electron chi connectivity index (χ0n) is 16.1. The maximum atomic E-state index is 12.6. The van der Waals surface area contributed by atoms with E-state index in [1.54, 1.807) is 6.07 Å². The molecule has 0 spiro atoms. The van der Waals surface area contributed by atoms with Crippen LogP contribution in [-0.4, -0.2) is 51.2 Å². The third kappa shape index (κ3) is 5.77. The molecule has 10 heteroatoms. The fraction of sp³-hybridized carbons (Fsp3) is 0.250. The lowest BCUT2D eigenvalue weighted by atomic mass is 10.0. The number of halogens is 2. The van der Waals surface area contributed by atoms with Gasteiger partial charge in [0.1, 0.15) is 24.6 Å². The zero-order chi connectivity index (χ0) is 22.6. The minimum atomic E-state index is -1.37. The van der Waals surface area contributed by atoms with Crippen LogP contribution in [0.5, 0.6) is 17.2 Å². The molecule has 0 aliphatic rings. The summed E-state index contributed by atoms with van der Waals surface area (Å²) in [6.07, 6.45) is 0. The van der Waals surface area contributed by atoms with Gasteiger partial charge < -0.3 is 25.0 Å². The van der Waals surface area contributed by atoms with E-state index in [2.05, 4.69) is 0 Å². The molecule has 0 radical (unpaired) electrons. The lowest BCUT2D eigenvalue weighted by molar-refractivity contribution is -0.140. The Kier molecular flexibility index (Phi) is 7.53. The molecule has 0 atom stereocenters. The second-order valence-corrected chi connectivity index (χ2v) is 7.51. The van der Waals surface area contributed by atoms with Crippen molar-refractivity contribution >= 4 is 41.0 Å². The first-order valence-electron chi connectivity index (χ1n) is 8.72. The minimum Gasteiger partial charge on any atom is -0.508 e. The van der Waals surface area contributed by atoms with Gasteiger partial charge >= 0.3 is 11.9 Å². The summed E-state index contributed by atoms with van der Waals surface area (Å²) in [6.45, 7) is 2.20. The molecule has 160 valence electrons. The molecule has 3 N–H and O–H groups in total. The largest absolute Gasteiger partial charge is 0.508 e. The lowest BCUT2D eigenvalue weighted by Gasteiger charge is -2.19. The number of phenols is 1. The van der Waals surface area contributed by atoms with Crippen molar-refractivity contribution in [1.29, 1.82) is 0 Å². The number of ether oxygens (including phenoxy) is 1. The van der Waals surface area contributed by atoms with Crippen molar-refractivity contribution in [3.63, 3.8) is 0 Å². The summed E-state index contributed by atoms with van der Waals surface area (Å²) >= 11 is 12.4. The number of hydrogen-bond acceptors (Lipinski definition) is 5. The summed E-state index contributed by atoms with van der Waals surface area (Å²) in [5.41, 5.74) is 0.568. The fourth-order valence-electron chi connectivity index (χ4n) is 2.67. The Morgan fingerprint density at radius 1 is 1.00 bits per heavy atom. The van der Waals surface area contributed by atoms with Gasteiger partial charge in [0.05, 0.1) is 10.0 Å². The maximum absolute atomic E-state index is 12.6. The normalized spacial score (nSPS) is 10.7. The van der Waals surface area contributed by atoms with E-state index in [0.717, 1.165) is 0 Å². The first-order valence-corrected chi connectivity index (χ1v) is 9.47. The van der Waals surface area contributed by atoms with Gasteiger partial charge in [-0.3, -0.25) is 14.4 Å². The van der Waals surface area contributed by atoms with Gasteiger partial charge in [-0.25, -0.2) is 0 Å². The molecule has 8 nitrogen and oxygen atoms in total. The highest BCUT2D eigenvalue weighted by Crippen LogP contribution is 2.39. The van der Waals surface area contributed by atoms with Crippen LogP contribution >= 0.6 is 23.2 Å². The number of benzene rings is 2. The van der Waals surface area contributed by atoms with E-state index in [1.165, 1.54) is 24.3 Å². The van der Waals surface area contributed by atoms with Gasteiger partial charge in [0.15, 0.2) is 5.75 Å². The van der Waals surface area contributed by atoms with Crippen molar-refractivity contribution in [3.05, 3.63) is 51.5 Å². The van der Waals surface area contributed by atoms with Crippen molar-refractivity contribution in [3.8, 4) is 17.2 Å². The van der Waals surface area contributed by atoms with Gasteiger partial charge in [0.25, 0.3) is 5.91 Å². The predicted molar refractivity (Wildman–Crippen MR) is 110 cm³/mol. The molecule has 0 aromatic heterocycles. The first-order chi connectivity index (χ1) is 14.0. The molecule has 30 heavy (non-hydrogen) atoms. The summed E-state index contributed by atoms with van der Waals surface area (Å²) in [4.78, 5) is 35.1. The third-order valence-electron chi connectivity index (χ3n) is 4.03.